The SMILES string of the molecule is Cc1ccc(NC(=O)N(C)C(C)CC#N)cc1C(=O)O. The average molecular weight is 275 g/mol. The summed E-state index contributed by atoms with van der Waals surface area (Å²) in [7, 11) is 1.59. The van der Waals surface area contributed by atoms with E-state index in [1.807, 2.05) is 6.07 Å². The molecule has 0 bridgehead atoms. The van der Waals surface area contributed by atoms with E-state index in [2.05, 4.69) is 5.32 Å². The highest BCUT2D eigenvalue weighted by Gasteiger charge is 2.16. The third kappa shape index (κ3) is 3.72. The highest BCUT2D eigenvalue weighted by molar-refractivity contribution is 5.94. The van der Waals surface area contributed by atoms with E-state index in [9.17, 15) is 9.59 Å². The molecule has 0 heterocycles. The van der Waals surface area contributed by atoms with Crippen molar-refractivity contribution in [1.82, 2.24) is 4.90 Å². The number of hydrogen-bond donors (Lipinski definition) is 2. The second-order valence-corrected chi connectivity index (χ2v) is 4.59. The summed E-state index contributed by atoms with van der Waals surface area (Å²) < 4.78 is 0. The number of anilines is 1. The molecule has 0 aliphatic carbocycles. The van der Waals surface area contributed by atoms with E-state index >= 15 is 0 Å². The zero-order chi connectivity index (χ0) is 15.3. The fourth-order valence-corrected chi connectivity index (χ4v) is 1.61. The first-order valence-electron chi connectivity index (χ1n) is 6.11. The number of nitrogens with zero attached hydrogens (tertiary/aromatic N) is 2. The fourth-order valence-electron chi connectivity index (χ4n) is 1.61. The molecule has 20 heavy (non-hydrogen) atoms. The van der Waals surface area contributed by atoms with Crippen molar-refractivity contribution in [3.63, 3.8) is 0 Å². The van der Waals surface area contributed by atoms with Gasteiger partial charge in [-0.15, -0.1) is 0 Å². The monoisotopic (exact) mass is 275 g/mol. The Hall–Kier alpha value is -2.55. The molecule has 6 heteroatoms. The van der Waals surface area contributed by atoms with Gasteiger partial charge in [-0.25, -0.2) is 9.59 Å². The van der Waals surface area contributed by atoms with E-state index in [0.29, 0.717) is 11.3 Å². The molecule has 1 unspecified atom stereocenters. The van der Waals surface area contributed by atoms with Crippen molar-refractivity contribution < 1.29 is 14.7 Å². The molecule has 2 N–H and O–H groups in total. The lowest BCUT2D eigenvalue weighted by molar-refractivity contribution is 0.0696. The quantitative estimate of drug-likeness (QED) is 0.882. The molecule has 106 valence electrons. The van der Waals surface area contributed by atoms with Gasteiger partial charge in [-0.05, 0) is 31.5 Å². The van der Waals surface area contributed by atoms with Crippen molar-refractivity contribution >= 4 is 17.7 Å². The first kappa shape index (κ1) is 15.5. The first-order valence-corrected chi connectivity index (χ1v) is 6.11. The summed E-state index contributed by atoms with van der Waals surface area (Å²) in [5.41, 5.74) is 1.19. The molecule has 2 amide bonds. The predicted molar refractivity (Wildman–Crippen MR) is 74.6 cm³/mol. The number of rotatable bonds is 4. The van der Waals surface area contributed by atoms with Crippen LogP contribution < -0.4 is 5.32 Å². The number of carboxylic acids is 1. The molecule has 1 aromatic rings. The molecule has 6 nitrogen and oxygen atoms in total. The molecule has 0 fully saturated rings. The van der Waals surface area contributed by atoms with Crippen LogP contribution in [0.1, 0.15) is 29.3 Å². The second kappa shape index (κ2) is 6.57. The number of aromatic carboxylic acids is 1. The maximum absolute atomic E-state index is 12.0. The molecule has 1 rings (SSSR count). The highest BCUT2D eigenvalue weighted by atomic mass is 16.4. The Morgan fingerprint density at radius 1 is 1.50 bits per heavy atom. The minimum atomic E-state index is -1.04. The number of urea groups is 1. The van der Waals surface area contributed by atoms with Crippen LogP contribution in [0.5, 0.6) is 0 Å². The van der Waals surface area contributed by atoms with Gasteiger partial charge in [0.25, 0.3) is 0 Å². The minimum absolute atomic E-state index is 0.149. The van der Waals surface area contributed by atoms with Crippen LogP contribution in [-0.2, 0) is 0 Å². The summed E-state index contributed by atoms with van der Waals surface area (Å²) in [5.74, 6) is -1.04. The van der Waals surface area contributed by atoms with E-state index in [1.165, 1.54) is 11.0 Å². The van der Waals surface area contributed by atoms with Crippen LogP contribution in [-0.4, -0.2) is 35.1 Å². The van der Waals surface area contributed by atoms with Crippen molar-refractivity contribution in [3.8, 4) is 6.07 Å². The maximum atomic E-state index is 12.0. The molecule has 0 saturated carbocycles. The number of nitrogens with one attached hydrogen (secondary N) is 1. The summed E-state index contributed by atoms with van der Waals surface area (Å²) in [6.07, 6.45) is 0.234. The molecule has 0 aromatic heterocycles. The Morgan fingerprint density at radius 3 is 2.70 bits per heavy atom. The third-order valence-electron chi connectivity index (χ3n) is 3.09. The Kier molecular flexibility index (Phi) is 5.09. The zero-order valence-corrected chi connectivity index (χ0v) is 11.7. The van der Waals surface area contributed by atoms with Crippen LogP contribution in [0.15, 0.2) is 18.2 Å². The van der Waals surface area contributed by atoms with E-state index in [1.54, 1.807) is 33.0 Å². The molecule has 1 atom stereocenters. The van der Waals surface area contributed by atoms with Gasteiger partial charge in [-0.3, -0.25) is 0 Å². The number of carbonyl (C=O) groups is 2. The lowest BCUT2D eigenvalue weighted by Gasteiger charge is -2.23. The molecular weight excluding hydrogens is 258 g/mol. The number of amides is 2. The fraction of sp³-hybridized carbons (Fsp3) is 0.357. The average Bonchev–Trinajstić information content (AvgIpc) is 2.39. The van der Waals surface area contributed by atoms with E-state index < -0.39 is 5.97 Å². The van der Waals surface area contributed by atoms with Crippen LogP contribution in [0.2, 0.25) is 0 Å². The molecule has 0 spiro atoms. The predicted octanol–water partition coefficient (Wildman–Crippen LogP) is 2.46. The van der Waals surface area contributed by atoms with Gasteiger partial charge in [0.15, 0.2) is 0 Å². The summed E-state index contributed by atoms with van der Waals surface area (Å²) in [4.78, 5) is 24.4. The normalized spacial score (nSPS) is 11.3. The van der Waals surface area contributed by atoms with Crippen molar-refractivity contribution in [2.75, 3.05) is 12.4 Å². The standard InChI is InChI=1S/C14H17N3O3/c1-9-4-5-11(8-12(9)13(18)19)16-14(20)17(3)10(2)6-7-15/h4-5,8,10H,6H2,1-3H3,(H,16,20)(H,18,19). The van der Waals surface area contributed by atoms with Crippen molar-refractivity contribution in [2.24, 2.45) is 0 Å². The summed E-state index contributed by atoms with van der Waals surface area (Å²) in [5, 5.41) is 20.3. The number of carbonyl (C=O) groups excluding carboxylic acids is 1. The lowest BCUT2D eigenvalue weighted by Crippen LogP contribution is -2.38. The molecule has 0 aliphatic heterocycles. The van der Waals surface area contributed by atoms with Crippen LogP contribution in [0.3, 0.4) is 0 Å². The van der Waals surface area contributed by atoms with Gasteiger partial charge in [0.05, 0.1) is 18.1 Å². The van der Waals surface area contributed by atoms with Crippen molar-refractivity contribution in [3.05, 3.63) is 29.3 Å². The molecule has 1 aromatic carbocycles. The molecule has 0 aliphatic rings. The Balaban J connectivity index is 2.84. The third-order valence-corrected chi connectivity index (χ3v) is 3.09. The van der Waals surface area contributed by atoms with Gasteiger partial charge in [0.2, 0.25) is 0 Å². The van der Waals surface area contributed by atoms with Gasteiger partial charge >= 0.3 is 12.0 Å². The van der Waals surface area contributed by atoms with Crippen LogP contribution >= 0.6 is 0 Å². The largest absolute Gasteiger partial charge is 0.478 e. The second-order valence-electron chi connectivity index (χ2n) is 4.59. The van der Waals surface area contributed by atoms with Crippen LogP contribution in [0, 0.1) is 18.3 Å². The van der Waals surface area contributed by atoms with Gasteiger partial charge in [0, 0.05) is 18.8 Å². The number of benzene rings is 1. The molecule has 0 radical (unpaired) electrons. The van der Waals surface area contributed by atoms with Gasteiger partial charge in [-0.2, -0.15) is 5.26 Å². The summed E-state index contributed by atoms with van der Waals surface area (Å²) in [6.45, 7) is 3.46. The topological polar surface area (TPSA) is 93.4 Å². The minimum Gasteiger partial charge on any atom is -0.478 e. The maximum Gasteiger partial charge on any atom is 0.336 e. The van der Waals surface area contributed by atoms with E-state index in [4.69, 9.17) is 10.4 Å². The first-order chi connectivity index (χ1) is 9.36. The number of hydrogen-bond acceptors (Lipinski definition) is 3. The van der Waals surface area contributed by atoms with E-state index in [-0.39, 0.29) is 24.1 Å². The van der Waals surface area contributed by atoms with E-state index in [0.717, 1.165) is 0 Å². The Bertz CT molecular complexity index is 563. The lowest BCUT2D eigenvalue weighted by atomic mass is 10.1. The van der Waals surface area contributed by atoms with Crippen LogP contribution in [0.25, 0.3) is 0 Å². The summed E-state index contributed by atoms with van der Waals surface area (Å²) in [6, 6.07) is 6.09. The smallest absolute Gasteiger partial charge is 0.336 e. The number of aryl methyl sites for hydroxylation is 1. The highest BCUT2D eigenvalue weighted by Crippen LogP contribution is 2.16. The van der Waals surface area contributed by atoms with Crippen LogP contribution in [0.4, 0.5) is 10.5 Å². The van der Waals surface area contributed by atoms with Crippen molar-refractivity contribution in [2.45, 2.75) is 26.3 Å². The Morgan fingerprint density at radius 2 is 2.15 bits per heavy atom. The zero-order valence-electron chi connectivity index (χ0n) is 11.7. The number of nitriles is 1. The van der Waals surface area contributed by atoms with Gasteiger partial charge < -0.3 is 15.3 Å². The number of carboxylic acid groups (broad SMARTS) is 1. The van der Waals surface area contributed by atoms with Gasteiger partial charge in [0.1, 0.15) is 0 Å². The van der Waals surface area contributed by atoms with Crippen molar-refractivity contribution in [1.29, 1.82) is 5.26 Å². The van der Waals surface area contributed by atoms with Gasteiger partial charge in [-0.1, -0.05) is 6.07 Å². The molecular formula is C14H17N3O3. The Labute approximate surface area is 117 Å². The summed E-state index contributed by atoms with van der Waals surface area (Å²) >= 11 is 0. The molecule has 0 saturated heterocycles.